The highest BCUT2D eigenvalue weighted by molar-refractivity contribution is 5.81. The van der Waals surface area contributed by atoms with Crippen LogP contribution in [0.3, 0.4) is 0 Å². The zero-order valence-electron chi connectivity index (χ0n) is 46.1. The SMILES string of the molecule is CC(C)C(=O)COCCOCCN1CCN(C(C)C)CC1.CC(C)CCOCCOC(C)C.CC(C)CN1CCC(CN2CCN(C(C)C)CC2)CC1.CC(C)OCCOCC(=O)C(C)C. The van der Waals surface area contributed by atoms with Gasteiger partial charge in [0, 0.05) is 103 Å². The molecule has 13 nitrogen and oxygen atoms in total. The van der Waals surface area contributed by atoms with E-state index in [2.05, 4.69) is 79.9 Å². The number of ketones is 2. The van der Waals surface area contributed by atoms with E-state index in [4.69, 9.17) is 28.4 Å². The number of Topliss-reactive ketones (excluding diaryl/α,β-unsaturated/α-hetero) is 2. The summed E-state index contributed by atoms with van der Waals surface area (Å²) in [4.78, 5) is 35.4. The number of carbonyl (C=O) groups excluding carboxylic acids is 2. The van der Waals surface area contributed by atoms with Crippen molar-refractivity contribution in [1.82, 2.24) is 24.5 Å². The van der Waals surface area contributed by atoms with E-state index >= 15 is 0 Å². The normalized spacial score (nSPS) is 17.5. The van der Waals surface area contributed by atoms with Crippen LogP contribution >= 0.6 is 0 Å². The molecule has 0 radical (unpaired) electrons. The van der Waals surface area contributed by atoms with Crippen molar-refractivity contribution in [2.24, 2.45) is 29.6 Å². The number of piperazine rings is 2. The van der Waals surface area contributed by atoms with Crippen molar-refractivity contribution in [3.63, 3.8) is 0 Å². The van der Waals surface area contributed by atoms with Gasteiger partial charge in [-0.05, 0) is 105 Å². The predicted molar refractivity (Wildman–Crippen MR) is 275 cm³/mol. The zero-order valence-corrected chi connectivity index (χ0v) is 46.1. The van der Waals surface area contributed by atoms with Crippen LogP contribution in [-0.2, 0) is 38.0 Å². The van der Waals surface area contributed by atoms with Gasteiger partial charge in [0.05, 0.1) is 58.5 Å². The fraction of sp³-hybridized carbons (Fsp3) is 0.962. The lowest BCUT2D eigenvalue weighted by Crippen LogP contribution is -2.50. The lowest BCUT2D eigenvalue weighted by atomic mass is 9.95. The summed E-state index contributed by atoms with van der Waals surface area (Å²) in [7, 11) is 0. The molecule has 3 heterocycles. The Bertz CT molecular complexity index is 1110. The molecule has 0 spiro atoms. The Morgan fingerprint density at radius 3 is 1.26 bits per heavy atom. The molecule has 0 atom stereocenters. The smallest absolute Gasteiger partial charge is 0.160 e. The summed E-state index contributed by atoms with van der Waals surface area (Å²) in [5, 5.41) is 0. The van der Waals surface area contributed by atoms with Crippen molar-refractivity contribution in [2.75, 3.05) is 151 Å². The summed E-state index contributed by atoms with van der Waals surface area (Å²) < 4.78 is 31.9. The van der Waals surface area contributed by atoms with Gasteiger partial charge in [-0.3, -0.25) is 24.3 Å². The Morgan fingerprint density at radius 2 is 0.848 bits per heavy atom. The molecule has 394 valence electrons. The van der Waals surface area contributed by atoms with Crippen LogP contribution in [-0.4, -0.2) is 212 Å². The van der Waals surface area contributed by atoms with Gasteiger partial charge >= 0.3 is 0 Å². The minimum absolute atomic E-state index is 0.0513. The highest BCUT2D eigenvalue weighted by Crippen LogP contribution is 2.20. The van der Waals surface area contributed by atoms with Crippen LogP contribution in [0.1, 0.15) is 130 Å². The lowest BCUT2D eigenvalue weighted by Gasteiger charge is -2.40. The van der Waals surface area contributed by atoms with Gasteiger partial charge in [0.25, 0.3) is 0 Å². The highest BCUT2D eigenvalue weighted by atomic mass is 16.5. The van der Waals surface area contributed by atoms with Gasteiger partial charge in [-0.2, -0.15) is 0 Å². The van der Waals surface area contributed by atoms with E-state index in [1.165, 1.54) is 65.2 Å². The number of piperidine rings is 1. The first-order valence-electron chi connectivity index (χ1n) is 26.5. The highest BCUT2D eigenvalue weighted by Gasteiger charge is 2.25. The summed E-state index contributed by atoms with van der Waals surface area (Å²) >= 11 is 0. The maximum atomic E-state index is 11.3. The van der Waals surface area contributed by atoms with Crippen LogP contribution in [0.25, 0.3) is 0 Å². The van der Waals surface area contributed by atoms with E-state index in [1.807, 2.05) is 55.4 Å². The van der Waals surface area contributed by atoms with Crippen molar-refractivity contribution in [3.8, 4) is 0 Å². The molecule has 66 heavy (non-hydrogen) atoms. The van der Waals surface area contributed by atoms with Crippen LogP contribution in [0, 0.1) is 29.6 Å². The number of hydrogen-bond donors (Lipinski definition) is 0. The van der Waals surface area contributed by atoms with E-state index in [-0.39, 0.29) is 42.7 Å². The second kappa shape index (κ2) is 40.6. The molecule has 3 saturated heterocycles. The predicted octanol–water partition coefficient (Wildman–Crippen LogP) is 7.78. The fourth-order valence-electron chi connectivity index (χ4n) is 7.40. The maximum absolute atomic E-state index is 11.3. The van der Waals surface area contributed by atoms with Gasteiger partial charge in [-0.15, -0.1) is 0 Å². The fourth-order valence-corrected chi connectivity index (χ4v) is 7.40. The van der Waals surface area contributed by atoms with Crippen LogP contribution in [0.4, 0.5) is 0 Å². The van der Waals surface area contributed by atoms with Crippen LogP contribution in [0.2, 0.25) is 0 Å². The largest absolute Gasteiger partial charge is 0.379 e. The van der Waals surface area contributed by atoms with Crippen LogP contribution in [0.15, 0.2) is 0 Å². The molecule has 0 saturated carbocycles. The summed E-state index contributed by atoms with van der Waals surface area (Å²) in [6, 6.07) is 1.37. The average molecular weight is 944 g/mol. The first-order chi connectivity index (χ1) is 31.2. The number of carbonyl (C=O) groups is 2. The topological polar surface area (TPSA) is 106 Å². The van der Waals surface area contributed by atoms with Crippen LogP contribution in [0.5, 0.6) is 0 Å². The van der Waals surface area contributed by atoms with E-state index in [0.29, 0.717) is 38.6 Å². The molecule has 0 aliphatic carbocycles. The lowest BCUT2D eigenvalue weighted by molar-refractivity contribution is -0.127. The Hall–Kier alpha value is -1.10. The molecule has 3 fully saturated rings. The van der Waals surface area contributed by atoms with E-state index < -0.39 is 0 Å². The standard InChI is InChI=1S/C17H35N3.C16H32N2O3.C10H20O3.C10H22O2/c1-15(2)13-18-7-5-17(6-8-18)14-19-9-11-20(12-10-19)16(3)4;1-14(2)16(19)13-21-12-11-20-10-9-17-5-7-18(8-6-17)15(3)4;1-8(2)10(11)7-12-5-6-13-9(3)4;1-9(2)5-6-11-7-8-12-10(3)4/h15-17H,5-14H2,1-4H3;14-15H,5-13H2,1-4H3;8-9H,5-7H2,1-4H3;9-10H,5-8H2,1-4H3. The second-order valence-corrected chi connectivity index (χ2v) is 21.1. The van der Waals surface area contributed by atoms with E-state index in [0.717, 1.165) is 89.4 Å². The molecular weight excluding hydrogens is 835 g/mol. The molecule has 3 aliphatic rings. The summed E-state index contributed by atoms with van der Waals surface area (Å²) in [6.07, 6.45) is 4.51. The Kier molecular flexibility index (Phi) is 39.9. The molecule has 0 amide bonds. The Balaban J connectivity index is 0.000000880. The summed E-state index contributed by atoms with van der Waals surface area (Å²) in [5.74, 6) is 2.90. The third kappa shape index (κ3) is 37.8. The quantitative estimate of drug-likeness (QED) is 0.0683. The molecule has 0 aromatic rings. The summed E-state index contributed by atoms with van der Waals surface area (Å²) in [5.41, 5.74) is 0. The molecule has 0 unspecified atom stereocenters. The third-order valence-electron chi connectivity index (χ3n) is 12.0. The number of nitrogens with zero attached hydrogens (tertiary/aromatic N) is 5. The maximum Gasteiger partial charge on any atom is 0.160 e. The van der Waals surface area contributed by atoms with Gasteiger partial charge in [0.1, 0.15) is 13.2 Å². The Labute approximate surface area is 408 Å². The van der Waals surface area contributed by atoms with Crippen molar-refractivity contribution < 1.29 is 38.0 Å². The van der Waals surface area contributed by atoms with Gasteiger partial charge < -0.3 is 38.2 Å². The Morgan fingerprint density at radius 1 is 0.439 bits per heavy atom. The first kappa shape index (κ1) is 64.9. The van der Waals surface area contributed by atoms with Crippen molar-refractivity contribution in [1.29, 1.82) is 0 Å². The minimum Gasteiger partial charge on any atom is -0.379 e. The van der Waals surface area contributed by atoms with Crippen molar-refractivity contribution >= 4 is 11.6 Å². The van der Waals surface area contributed by atoms with E-state index in [1.54, 1.807) is 0 Å². The van der Waals surface area contributed by atoms with Gasteiger partial charge in [0.15, 0.2) is 11.6 Å². The number of likely N-dealkylation sites (tertiary alicyclic amines) is 1. The molecule has 0 aromatic heterocycles. The van der Waals surface area contributed by atoms with Gasteiger partial charge in [-0.1, -0.05) is 55.4 Å². The molecule has 0 aromatic carbocycles. The third-order valence-corrected chi connectivity index (χ3v) is 12.0. The van der Waals surface area contributed by atoms with Gasteiger partial charge in [0.2, 0.25) is 0 Å². The van der Waals surface area contributed by atoms with Crippen LogP contribution < -0.4 is 0 Å². The molecule has 0 bridgehead atoms. The molecule has 0 N–H and O–H groups in total. The summed E-state index contributed by atoms with van der Waals surface area (Å²) in [6.45, 7) is 55.3. The number of hydrogen-bond acceptors (Lipinski definition) is 13. The monoisotopic (exact) mass is 944 g/mol. The van der Waals surface area contributed by atoms with E-state index in [9.17, 15) is 9.59 Å². The first-order valence-corrected chi connectivity index (χ1v) is 26.5. The minimum atomic E-state index is 0.0513. The molecule has 3 aliphatic heterocycles. The molecular formula is C53H109N5O8. The van der Waals surface area contributed by atoms with Gasteiger partial charge in [-0.25, -0.2) is 0 Å². The zero-order chi connectivity index (χ0) is 49.9. The molecule has 13 heteroatoms. The average Bonchev–Trinajstić information content (AvgIpc) is 3.25. The van der Waals surface area contributed by atoms with Crippen molar-refractivity contribution in [2.45, 2.75) is 154 Å². The molecule has 3 rings (SSSR count). The second-order valence-electron chi connectivity index (χ2n) is 21.1. The number of rotatable bonds is 29. The van der Waals surface area contributed by atoms with Crippen molar-refractivity contribution in [3.05, 3.63) is 0 Å². The number of ether oxygens (including phenoxy) is 6.